The second kappa shape index (κ2) is 14.5. The molecule has 4 unspecified atom stereocenters. The van der Waals surface area contributed by atoms with Crippen LogP contribution in [0.5, 0.6) is 5.75 Å². The van der Waals surface area contributed by atoms with Gasteiger partial charge in [-0.25, -0.2) is 4.79 Å². The molecule has 0 aliphatic rings. The highest BCUT2D eigenvalue weighted by Gasteiger charge is 2.31. The van der Waals surface area contributed by atoms with E-state index >= 15 is 0 Å². The van der Waals surface area contributed by atoms with Crippen LogP contribution < -0.4 is 27.4 Å². The number of carboxylic acids is 2. The standard InChI is InChI=1S/C22H33N5O8/c1-12(24)19(31)26-16(10-13-5-7-14(28)8-6-13)20(32)27-17(11-18(29)30)21(33)25-15(22(34)35)4-2-3-9-23/h5-8,12,15-17,28H,2-4,9-11,23-24H2,1H3,(H,25,33)(H,26,31)(H,27,32)(H,29,30)(H,34,35). The zero-order chi connectivity index (χ0) is 26.5. The third kappa shape index (κ3) is 10.8. The highest BCUT2D eigenvalue weighted by molar-refractivity contribution is 5.95. The summed E-state index contributed by atoms with van der Waals surface area (Å²) in [7, 11) is 0. The Labute approximate surface area is 202 Å². The molecule has 10 N–H and O–H groups in total. The van der Waals surface area contributed by atoms with Crippen molar-refractivity contribution in [2.45, 2.75) is 63.2 Å². The van der Waals surface area contributed by atoms with E-state index in [1.165, 1.54) is 31.2 Å². The summed E-state index contributed by atoms with van der Waals surface area (Å²) in [6.45, 7) is 1.75. The molecule has 194 valence electrons. The van der Waals surface area contributed by atoms with E-state index in [1.807, 2.05) is 0 Å². The minimum Gasteiger partial charge on any atom is -0.508 e. The SMILES string of the molecule is CC(N)C(=O)NC(Cc1ccc(O)cc1)C(=O)NC(CC(=O)O)C(=O)NC(CCCCN)C(=O)O. The molecule has 0 radical (unpaired) electrons. The fourth-order valence-corrected chi connectivity index (χ4v) is 3.06. The Morgan fingerprint density at radius 1 is 0.857 bits per heavy atom. The zero-order valence-corrected chi connectivity index (χ0v) is 19.4. The van der Waals surface area contributed by atoms with Crippen molar-refractivity contribution < 1.29 is 39.3 Å². The third-order valence-electron chi connectivity index (χ3n) is 5.00. The van der Waals surface area contributed by atoms with E-state index in [0.717, 1.165) is 0 Å². The average Bonchev–Trinajstić information content (AvgIpc) is 2.78. The number of carbonyl (C=O) groups excluding carboxylic acids is 3. The Hall–Kier alpha value is -3.71. The molecule has 0 aromatic heterocycles. The summed E-state index contributed by atoms with van der Waals surface area (Å²) in [5.41, 5.74) is 11.5. The van der Waals surface area contributed by atoms with Crippen molar-refractivity contribution in [3.63, 3.8) is 0 Å². The van der Waals surface area contributed by atoms with Crippen molar-refractivity contribution in [3.8, 4) is 5.75 Å². The summed E-state index contributed by atoms with van der Waals surface area (Å²) in [4.78, 5) is 60.6. The van der Waals surface area contributed by atoms with Crippen molar-refractivity contribution in [2.24, 2.45) is 11.5 Å². The monoisotopic (exact) mass is 495 g/mol. The van der Waals surface area contributed by atoms with Crippen LogP contribution in [-0.2, 0) is 30.4 Å². The molecule has 13 nitrogen and oxygen atoms in total. The second-order valence-corrected chi connectivity index (χ2v) is 8.06. The summed E-state index contributed by atoms with van der Waals surface area (Å²) < 4.78 is 0. The maximum Gasteiger partial charge on any atom is 0.326 e. The summed E-state index contributed by atoms with van der Waals surface area (Å²) in [5.74, 6) is -5.26. The van der Waals surface area contributed by atoms with Gasteiger partial charge >= 0.3 is 11.9 Å². The third-order valence-corrected chi connectivity index (χ3v) is 5.00. The molecule has 13 heteroatoms. The van der Waals surface area contributed by atoms with E-state index in [1.54, 1.807) is 0 Å². The number of rotatable bonds is 15. The Morgan fingerprint density at radius 3 is 1.91 bits per heavy atom. The molecule has 0 saturated heterocycles. The van der Waals surface area contributed by atoms with Crippen LogP contribution in [0.2, 0.25) is 0 Å². The smallest absolute Gasteiger partial charge is 0.326 e. The maximum absolute atomic E-state index is 13.0. The largest absolute Gasteiger partial charge is 0.508 e. The van der Waals surface area contributed by atoms with E-state index in [0.29, 0.717) is 24.9 Å². The van der Waals surface area contributed by atoms with Gasteiger partial charge in [-0.3, -0.25) is 19.2 Å². The van der Waals surface area contributed by atoms with Crippen molar-refractivity contribution in [2.75, 3.05) is 6.54 Å². The normalized spacial score (nSPS) is 14.1. The number of hydrogen-bond donors (Lipinski definition) is 8. The van der Waals surface area contributed by atoms with Crippen LogP contribution in [0.3, 0.4) is 0 Å². The molecule has 35 heavy (non-hydrogen) atoms. The number of carboxylic acid groups (broad SMARTS) is 2. The number of amides is 3. The van der Waals surface area contributed by atoms with Crippen LogP contribution in [0.15, 0.2) is 24.3 Å². The summed E-state index contributed by atoms with van der Waals surface area (Å²) in [5, 5.41) is 35.0. The summed E-state index contributed by atoms with van der Waals surface area (Å²) >= 11 is 0. The number of aromatic hydroxyl groups is 1. The van der Waals surface area contributed by atoms with Gasteiger partial charge in [0.25, 0.3) is 0 Å². The number of hydrogen-bond acceptors (Lipinski definition) is 8. The quantitative estimate of drug-likeness (QED) is 0.130. The van der Waals surface area contributed by atoms with Gasteiger partial charge in [-0.1, -0.05) is 12.1 Å². The predicted octanol–water partition coefficient (Wildman–Crippen LogP) is -1.58. The molecule has 1 aromatic carbocycles. The Morgan fingerprint density at radius 2 is 1.40 bits per heavy atom. The van der Waals surface area contributed by atoms with Crippen molar-refractivity contribution in [1.82, 2.24) is 16.0 Å². The lowest BCUT2D eigenvalue weighted by molar-refractivity contribution is -0.143. The highest BCUT2D eigenvalue weighted by atomic mass is 16.4. The minimum atomic E-state index is -1.61. The number of unbranched alkanes of at least 4 members (excludes halogenated alkanes) is 1. The van der Waals surface area contributed by atoms with Gasteiger partial charge in [-0.2, -0.15) is 0 Å². The molecular weight excluding hydrogens is 462 g/mol. The van der Waals surface area contributed by atoms with Gasteiger partial charge in [0.1, 0.15) is 23.9 Å². The number of aliphatic carboxylic acids is 2. The lowest BCUT2D eigenvalue weighted by atomic mass is 10.0. The minimum absolute atomic E-state index is 0.00740. The highest BCUT2D eigenvalue weighted by Crippen LogP contribution is 2.12. The van der Waals surface area contributed by atoms with Crippen LogP contribution in [0.4, 0.5) is 0 Å². The molecule has 4 atom stereocenters. The fraction of sp³-hybridized carbons (Fsp3) is 0.500. The molecule has 0 bridgehead atoms. The average molecular weight is 496 g/mol. The molecule has 1 rings (SSSR count). The Kier molecular flexibility index (Phi) is 12.2. The van der Waals surface area contributed by atoms with Gasteiger partial charge in [0.2, 0.25) is 17.7 Å². The van der Waals surface area contributed by atoms with E-state index in [-0.39, 0.29) is 18.6 Å². The molecule has 0 saturated carbocycles. The van der Waals surface area contributed by atoms with Crippen molar-refractivity contribution in [3.05, 3.63) is 29.8 Å². The number of nitrogens with one attached hydrogen (secondary N) is 3. The molecular formula is C22H33N5O8. The Balaban J connectivity index is 3.05. The number of carbonyl (C=O) groups is 5. The van der Waals surface area contributed by atoms with Gasteiger partial charge in [-0.05, 0) is 50.4 Å². The number of benzene rings is 1. The van der Waals surface area contributed by atoms with E-state index in [9.17, 15) is 39.3 Å². The number of nitrogens with two attached hydrogens (primary N) is 2. The maximum atomic E-state index is 13.0. The van der Waals surface area contributed by atoms with Crippen LogP contribution in [-0.4, -0.2) is 75.7 Å². The first-order chi connectivity index (χ1) is 16.4. The topological polar surface area (TPSA) is 234 Å². The van der Waals surface area contributed by atoms with Gasteiger partial charge in [0, 0.05) is 6.42 Å². The van der Waals surface area contributed by atoms with Gasteiger partial charge in [0.05, 0.1) is 12.5 Å². The molecule has 1 aromatic rings. The van der Waals surface area contributed by atoms with Crippen molar-refractivity contribution >= 4 is 29.7 Å². The lowest BCUT2D eigenvalue weighted by Gasteiger charge is -2.24. The molecule has 0 aliphatic carbocycles. The molecule has 0 fully saturated rings. The molecule has 3 amide bonds. The molecule has 0 spiro atoms. The van der Waals surface area contributed by atoms with Gasteiger partial charge in [-0.15, -0.1) is 0 Å². The van der Waals surface area contributed by atoms with Crippen LogP contribution >= 0.6 is 0 Å². The number of phenols is 1. The van der Waals surface area contributed by atoms with E-state index < -0.39 is 60.2 Å². The lowest BCUT2D eigenvalue weighted by Crippen LogP contribution is -2.57. The van der Waals surface area contributed by atoms with Crippen LogP contribution in [0, 0.1) is 0 Å². The first-order valence-corrected chi connectivity index (χ1v) is 11.0. The van der Waals surface area contributed by atoms with E-state index in [2.05, 4.69) is 16.0 Å². The first kappa shape index (κ1) is 29.3. The second-order valence-electron chi connectivity index (χ2n) is 8.06. The fourth-order valence-electron chi connectivity index (χ4n) is 3.06. The van der Waals surface area contributed by atoms with Gasteiger partial charge in [0.15, 0.2) is 0 Å². The number of phenolic OH excluding ortho intramolecular Hbond substituents is 1. The predicted molar refractivity (Wildman–Crippen MR) is 124 cm³/mol. The van der Waals surface area contributed by atoms with Crippen LogP contribution in [0.1, 0.15) is 38.2 Å². The molecule has 0 heterocycles. The van der Waals surface area contributed by atoms with Crippen molar-refractivity contribution in [1.29, 1.82) is 0 Å². The van der Waals surface area contributed by atoms with Gasteiger partial charge < -0.3 is 42.7 Å². The van der Waals surface area contributed by atoms with Crippen LogP contribution in [0.25, 0.3) is 0 Å². The summed E-state index contributed by atoms with van der Waals surface area (Å²) in [6, 6.07) is 0.722. The summed E-state index contributed by atoms with van der Waals surface area (Å²) in [6.07, 6.45) is 0.150. The molecule has 0 aliphatic heterocycles. The van der Waals surface area contributed by atoms with E-state index in [4.69, 9.17) is 11.5 Å². The Bertz CT molecular complexity index is 890. The first-order valence-electron chi connectivity index (χ1n) is 11.0. The zero-order valence-electron chi connectivity index (χ0n) is 19.4.